The Morgan fingerprint density at radius 3 is 2.68 bits per heavy atom. The summed E-state index contributed by atoms with van der Waals surface area (Å²) in [7, 11) is 0. The summed E-state index contributed by atoms with van der Waals surface area (Å²) in [6.07, 6.45) is 1.64. The Bertz CT molecular complexity index is 511. The molecule has 1 saturated heterocycles. The molecule has 1 atom stereocenters. The summed E-state index contributed by atoms with van der Waals surface area (Å²) in [6, 6.07) is 5.60. The van der Waals surface area contributed by atoms with Gasteiger partial charge in [-0.2, -0.15) is 0 Å². The average molecular weight is 260 g/mol. The van der Waals surface area contributed by atoms with Crippen LogP contribution in [-0.2, 0) is 9.59 Å². The summed E-state index contributed by atoms with van der Waals surface area (Å²) < 4.78 is 0. The van der Waals surface area contributed by atoms with E-state index >= 15 is 0 Å². The summed E-state index contributed by atoms with van der Waals surface area (Å²) in [5.74, 6) is -0.113. The third-order valence-electron chi connectivity index (χ3n) is 3.60. The number of carbonyl (C=O) groups is 2. The first-order valence-corrected chi connectivity index (χ1v) is 6.64. The molecule has 4 nitrogen and oxygen atoms in total. The molecule has 1 N–H and O–H groups in total. The number of anilines is 1. The van der Waals surface area contributed by atoms with Gasteiger partial charge >= 0.3 is 0 Å². The van der Waals surface area contributed by atoms with Gasteiger partial charge in [0.1, 0.15) is 6.04 Å². The molecule has 1 unspecified atom stereocenters. The monoisotopic (exact) mass is 260 g/mol. The maximum atomic E-state index is 12.3. The quantitative estimate of drug-likeness (QED) is 0.886. The number of rotatable bonds is 2. The van der Waals surface area contributed by atoms with E-state index in [4.69, 9.17) is 0 Å². The number of benzene rings is 1. The second kappa shape index (κ2) is 5.43. The molecule has 1 aromatic rings. The summed E-state index contributed by atoms with van der Waals surface area (Å²) >= 11 is 0. The van der Waals surface area contributed by atoms with Gasteiger partial charge in [0.25, 0.3) is 0 Å². The van der Waals surface area contributed by atoms with E-state index in [1.165, 1.54) is 12.5 Å². The molecule has 2 rings (SSSR count). The molecule has 1 heterocycles. The summed E-state index contributed by atoms with van der Waals surface area (Å²) in [6.45, 7) is 6.19. The Morgan fingerprint density at radius 1 is 1.32 bits per heavy atom. The van der Waals surface area contributed by atoms with Crippen molar-refractivity contribution >= 4 is 17.5 Å². The summed E-state index contributed by atoms with van der Waals surface area (Å²) in [4.78, 5) is 25.4. The molecule has 1 aromatic carbocycles. The Labute approximate surface area is 113 Å². The number of aryl methyl sites for hydroxylation is 2. The second-order valence-electron chi connectivity index (χ2n) is 5.18. The maximum Gasteiger partial charge on any atom is 0.247 e. The highest BCUT2D eigenvalue weighted by Crippen LogP contribution is 2.21. The zero-order valence-corrected chi connectivity index (χ0v) is 11.7. The highest BCUT2D eigenvalue weighted by atomic mass is 16.2. The molecular formula is C15H20N2O2. The van der Waals surface area contributed by atoms with Crippen LogP contribution in [0, 0.1) is 13.8 Å². The zero-order chi connectivity index (χ0) is 14.0. The third kappa shape index (κ3) is 2.95. The van der Waals surface area contributed by atoms with Gasteiger partial charge in [0, 0.05) is 19.2 Å². The van der Waals surface area contributed by atoms with Crippen LogP contribution in [0.1, 0.15) is 30.9 Å². The number of hydrogen-bond acceptors (Lipinski definition) is 2. The van der Waals surface area contributed by atoms with E-state index < -0.39 is 0 Å². The van der Waals surface area contributed by atoms with Crippen molar-refractivity contribution in [3.05, 3.63) is 29.3 Å². The lowest BCUT2D eigenvalue weighted by Crippen LogP contribution is -2.42. The molecule has 0 saturated carbocycles. The van der Waals surface area contributed by atoms with E-state index in [0.29, 0.717) is 6.54 Å². The predicted molar refractivity (Wildman–Crippen MR) is 75.0 cm³/mol. The summed E-state index contributed by atoms with van der Waals surface area (Å²) in [5, 5.41) is 2.93. The molecular weight excluding hydrogens is 240 g/mol. The van der Waals surface area contributed by atoms with Crippen molar-refractivity contribution < 1.29 is 9.59 Å². The van der Waals surface area contributed by atoms with Crippen LogP contribution in [0.5, 0.6) is 0 Å². The fourth-order valence-corrected chi connectivity index (χ4v) is 2.59. The van der Waals surface area contributed by atoms with Crippen molar-refractivity contribution in [1.29, 1.82) is 0 Å². The second-order valence-corrected chi connectivity index (χ2v) is 5.18. The lowest BCUT2D eigenvalue weighted by atomic mass is 10.1. The van der Waals surface area contributed by atoms with E-state index in [9.17, 15) is 9.59 Å². The van der Waals surface area contributed by atoms with E-state index in [-0.39, 0.29) is 17.9 Å². The Hall–Kier alpha value is -1.84. The molecule has 1 fully saturated rings. The summed E-state index contributed by atoms with van der Waals surface area (Å²) in [5.41, 5.74) is 3.04. The number of likely N-dealkylation sites (tertiary alicyclic amines) is 1. The Morgan fingerprint density at radius 2 is 2.05 bits per heavy atom. The fraction of sp³-hybridized carbons (Fsp3) is 0.467. The lowest BCUT2D eigenvalue weighted by molar-refractivity contribution is -0.134. The number of nitrogens with zero attached hydrogens (tertiary/aromatic N) is 1. The smallest absolute Gasteiger partial charge is 0.247 e. The standard InChI is InChI=1S/C15H20N2O2/c1-10-6-7-13(11(2)9-10)16-15(19)14-5-4-8-17(14)12(3)18/h6-7,9,14H,4-5,8H2,1-3H3,(H,16,19). The highest BCUT2D eigenvalue weighted by Gasteiger charge is 2.32. The zero-order valence-electron chi connectivity index (χ0n) is 11.7. The van der Waals surface area contributed by atoms with E-state index in [2.05, 4.69) is 5.32 Å². The van der Waals surface area contributed by atoms with Crippen molar-refractivity contribution in [2.75, 3.05) is 11.9 Å². The minimum absolute atomic E-state index is 0.0294. The third-order valence-corrected chi connectivity index (χ3v) is 3.60. The molecule has 4 heteroatoms. The minimum atomic E-state index is -0.321. The molecule has 2 amide bonds. The van der Waals surface area contributed by atoms with E-state index in [0.717, 1.165) is 24.1 Å². The van der Waals surface area contributed by atoms with Gasteiger partial charge < -0.3 is 10.2 Å². The fourth-order valence-electron chi connectivity index (χ4n) is 2.59. The normalized spacial score (nSPS) is 18.5. The SMILES string of the molecule is CC(=O)N1CCCC1C(=O)Nc1ccc(C)cc1C. The van der Waals surface area contributed by atoms with Gasteiger partial charge in [-0.05, 0) is 38.3 Å². The number of hydrogen-bond donors (Lipinski definition) is 1. The topological polar surface area (TPSA) is 49.4 Å². The molecule has 0 aromatic heterocycles. The van der Waals surface area contributed by atoms with Crippen molar-refractivity contribution in [1.82, 2.24) is 4.90 Å². The van der Waals surface area contributed by atoms with Crippen molar-refractivity contribution in [2.24, 2.45) is 0 Å². The lowest BCUT2D eigenvalue weighted by Gasteiger charge is -2.22. The Balaban J connectivity index is 2.10. The number of carbonyl (C=O) groups excluding carboxylic acids is 2. The van der Waals surface area contributed by atoms with Gasteiger partial charge in [-0.1, -0.05) is 17.7 Å². The average Bonchev–Trinajstić information content (AvgIpc) is 2.82. The maximum absolute atomic E-state index is 12.3. The van der Waals surface area contributed by atoms with Crippen LogP contribution < -0.4 is 5.32 Å². The molecule has 0 bridgehead atoms. The van der Waals surface area contributed by atoms with Crippen LogP contribution in [-0.4, -0.2) is 29.3 Å². The van der Waals surface area contributed by atoms with Crippen LogP contribution in [0.3, 0.4) is 0 Å². The van der Waals surface area contributed by atoms with Gasteiger partial charge in [0.2, 0.25) is 11.8 Å². The van der Waals surface area contributed by atoms with Crippen LogP contribution in [0.4, 0.5) is 5.69 Å². The van der Waals surface area contributed by atoms with E-state index in [1.54, 1.807) is 4.90 Å². The van der Waals surface area contributed by atoms with Crippen LogP contribution >= 0.6 is 0 Å². The molecule has 102 valence electrons. The van der Waals surface area contributed by atoms with Crippen LogP contribution in [0.15, 0.2) is 18.2 Å². The predicted octanol–water partition coefficient (Wildman–Crippen LogP) is 2.25. The molecule has 1 aliphatic heterocycles. The Kier molecular flexibility index (Phi) is 3.88. The van der Waals surface area contributed by atoms with Gasteiger partial charge in [-0.25, -0.2) is 0 Å². The van der Waals surface area contributed by atoms with Gasteiger partial charge in [-0.3, -0.25) is 9.59 Å². The molecule has 0 spiro atoms. The first-order valence-electron chi connectivity index (χ1n) is 6.64. The van der Waals surface area contributed by atoms with Gasteiger partial charge in [-0.15, -0.1) is 0 Å². The minimum Gasteiger partial charge on any atom is -0.331 e. The number of nitrogens with one attached hydrogen (secondary N) is 1. The number of amides is 2. The van der Waals surface area contributed by atoms with Gasteiger partial charge in [0.05, 0.1) is 0 Å². The first kappa shape index (κ1) is 13.6. The first-order chi connectivity index (χ1) is 8.99. The van der Waals surface area contributed by atoms with Crippen molar-refractivity contribution in [3.63, 3.8) is 0 Å². The molecule has 0 aliphatic carbocycles. The van der Waals surface area contributed by atoms with E-state index in [1.807, 2.05) is 32.0 Å². The van der Waals surface area contributed by atoms with Crippen LogP contribution in [0.2, 0.25) is 0 Å². The highest BCUT2D eigenvalue weighted by molar-refractivity contribution is 5.97. The molecule has 1 aliphatic rings. The largest absolute Gasteiger partial charge is 0.331 e. The van der Waals surface area contributed by atoms with Crippen molar-refractivity contribution in [2.45, 2.75) is 39.7 Å². The van der Waals surface area contributed by atoms with Crippen molar-refractivity contribution in [3.8, 4) is 0 Å². The van der Waals surface area contributed by atoms with Gasteiger partial charge in [0.15, 0.2) is 0 Å². The van der Waals surface area contributed by atoms with Crippen LogP contribution in [0.25, 0.3) is 0 Å². The molecule has 0 radical (unpaired) electrons. The molecule has 19 heavy (non-hydrogen) atoms.